The van der Waals surface area contributed by atoms with Crippen LogP contribution in [-0.2, 0) is 13.6 Å². The quantitative estimate of drug-likeness (QED) is 0.336. The van der Waals surface area contributed by atoms with Crippen molar-refractivity contribution < 1.29 is 0 Å². The molecular weight excluding hydrogens is 439 g/mol. The summed E-state index contributed by atoms with van der Waals surface area (Å²) in [7, 11) is 4.08. The molecule has 0 saturated heterocycles. The Balaban J connectivity index is 0.00000625. The SMILES string of the molecule is CCNC(=NCC(C)N(CC)CC)N(C)Cc1cn(C)nc1C(C)C.I. The zero-order chi connectivity index (χ0) is 19.0. The van der Waals surface area contributed by atoms with E-state index >= 15 is 0 Å². The Labute approximate surface area is 177 Å². The van der Waals surface area contributed by atoms with Gasteiger partial charge < -0.3 is 10.2 Å². The van der Waals surface area contributed by atoms with E-state index in [0.29, 0.717) is 12.0 Å². The summed E-state index contributed by atoms with van der Waals surface area (Å²) in [5.41, 5.74) is 2.43. The summed E-state index contributed by atoms with van der Waals surface area (Å²) in [6.45, 7) is 17.8. The van der Waals surface area contributed by atoms with Crippen LogP contribution in [0.25, 0.3) is 0 Å². The molecule has 7 heteroatoms. The maximum absolute atomic E-state index is 4.87. The number of likely N-dealkylation sites (N-methyl/N-ethyl adjacent to an activating group) is 1. The van der Waals surface area contributed by atoms with Gasteiger partial charge >= 0.3 is 0 Å². The number of hydrogen-bond acceptors (Lipinski definition) is 3. The van der Waals surface area contributed by atoms with Gasteiger partial charge in [0.25, 0.3) is 0 Å². The van der Waals surface area contributed by atoms with Crippen LogP contribution >= 0.6 is 24.0 Å². The maximum atomic E-state index is 4.87. The molecule has 26 heavy (non-hydrogen) atoms. The molecule has 0 aliphatic carbocycles. The lowest BCUT2D eigenvalue weighted by Gasteiger charge is -2.27. The van der Waals surface area contributed by atoms with Gasteiger partial charge in [0.1, 0.15) is 0 Å². The fraction of sp³-hybridized carbons (Fsp3) is 0.789. The number of halogens is 1. The van der Waals surface area contributed by atoms with E-state index in [-0.39, 0.29) is 24.0 Å². The first-order valence-electron chi connectivity index (χ1n) is 9.59. The highest BCUT2D eigenvalue weighted by Gasteiger charge is 2.16. The minimum Gasteiger partial charge on any atom is -0.357 e. The van der Waals surface area contributed by atoms with Crippen molar-refractivity contribution in [3.63, 3.8) is 0 Å². The molecule has 1 aromatic heterocycles. The van der Waals surface area contributed by atoms with Crippen molar-refractivity contribution in [1.82, 2.24) is 24.9 Å². The molecule has 0 radical (unpaired) electrons. The molecule has 0 saturated carbocycles. The molecule has 6 nitrogen and oxygen atoms in total. The molecule has 1 rings (SSSR count). The Morgan fingerprint density at radius 1 is 1.23 bits per heavy atom. The third-order valence-corrected chi connectivity index (χ3v) is 4.53. The van der Waals surface area contributed by atoms with Crippen molar-refractivity contribution in [2.45, 2.75) is 60.0 Å². The second-order valence-electron chi connectivity index (χ2n) is 6.99. The lowest BCUT2D eigenvalue weighted by atomic mass is 10.1. The van der Waals surface area contributed by atoms with Crippen LogP contribution in [0.1, 0.15) is 58.7 Å². The standard InChI is InChI=1S/C19H38N6.HI/c1-9-20-19(21-12-16(6)25(10-2)11-3)23(7)13-17-14-24(8)22-18(17)15(4)5;/h14-16H,9-13H2,1-8H3,(H,20,21);1H. The van der Waals surface area contributed by atoms with Crippen molar-refractivity contribution in [3.05, 3.63) is 17.5 Å². The maximum Gasteiger partial charge on any atom is 0.194 e. The van der Waals surface area contributed by atoms with E-state index in [1.54, 1.807) is 0 Å². The monoisotopic (exact) mass is 478 g/mol. The second kappa shape index (κ2) is 12.5. The number of guanidine groups is 1. The van der Waals surface area contributed by atoms with E-state index < -0.39 is 0 Å². The van der Waals surface area contributed by atoms with Crippen LogP contribution in [0.3, 0.4) is 0 Å². The summed E-state index contributed by atoms with van der Waals surface area (Å²) in [5, 5.41) is 8.03. The molecule has 1 unspecified atom stereocenters. The van der Waals surface area contributed by atoms with Crippen LogP contribution < -0.4 is 5.32 Å². The molecule has 1 aromatic rings. The number of aryl methyl sites for hydroxylation is 1. The van der Waals surface area contributed by atoms with Crippen LogP contribution in [0.2, 0.25) is 0 Å². The summed E-state index contributed by atoms with van der Waals surface area (Å²) in [5.74, 6) is 1.38. The van der Waals surface area contributed by atoms with Crippen LogP contribution in [-0.4, -0.2) is 64.8 Å². The summed E-state index contributed by atoms with van der Waals surface area (Å²) >= 11 is 0. The van der Waals surface area contributed by atoms with Gasteiger partial charge in [0.15, 0.2) is 5.96 Å². The molecule has 0 fully saturated rings. The predicted molar refractivity (Wildman–Crippen MR) is 123 cm³/mol. The van der Waals surface area contributed by atoms with Crippen LogP contribution in [0, 0.1) is 0 Å². The van der Waals surface area contributed by atoms with Gasteiger partial charge in [-0.15, -0.1) is 24.0 Å². The van der Waals surface area contributed by atoms with Gasteiger partial charge in [0, 0.05) is 45.0 Å². The number of hydrogen-bond donors (Lipinski definition) is 1. The average Bonchev–Trinajstić information content (AvgIpc) is 2.93. The normalized spacial score (nSPS) is 13.1. The first kappa shape index (κ1) is 25.2. The fourth-order valence-corrected chi connectivity index (χ4v) is 3.14. The van der Waals surface area contributed by atoms with Gasteiger partial charge in [-0.25, -0.2) is 0 Å². The van der Waals surface area contributed by atoms with Crippen LogP contribution in [0.4, 0.5) is 0 Å². The smallest absolute Gasteiger partial charge is 0.194 e. The number of nitrogens with zero attached hydrogens (tertiary/aromatic N) is 5. The molecule has 0 spiro atoms. The van der Waals surface area contributed by atoms with Crippen LogP contribution in [0.15, 0.2) is 11.2 Å². The lowest BCUT2D eigenvalue weighted by Crippen LogP contribution is -2.40. The van der Waals surface area contributed by atoms with E-state index in [4.69, 9.17) is 4.99 Å². The molecular formula is C19H39IN6. The molecule has 152 valence electrons. The lowest BCUT2D eigenvalue weighted by molar-refractivity contribution is 0.236. The van der Waals surface area contributed by atoms with Gasteiger partial charge in [0.05, 0.1) is 12.2 Å². The van der Waals surface area contributed by atoms with Crippen molar-refractivity contribution in [2.24, 2.45) is 12.0 Å². The first-order chi connectivity index (χ1) is 11.8. The third kappa shape index (κ3) is 7.42. The van der Waals surface area contributed by atoms with E-state index in [2.05, 4.69) is 75.0 Å². The minimum atomic E-state index is 0. The fourth-order valence-electron chi connectivity index (χ4n) is 3.14. The van der Waals surface area contributed by atoms with Gasteiger partial charge in [-0.2, -0.15) is 5.10 Å². The minimum absolute atomic E-state index is 0. The van der Waals surface area contributed by atoms with E-state index in [0.717, 1.165) is 38.7 Å². The van der Waals surface area contributed by atoms with Gasteiger partial charge in [-0.05, 0) is 32.9 Å². The van der Waals surface area contributed by atoms with E-state index in [1.165, 1.54) is 11.3 Å². The van der Waals surface area contributed by atoms with Crippen molar-refractivity contribution in [3.8, 4) is 0 Å². The Hall–Kier alpha value is -0.830. The van der Waals surface area contributed by atoms with Gasteiger partial charge in [0.2, 0.25) is 0 Å². The molecule has 0 bridgehead atoms. The average molecular weight is 478 g/mol. The van der Waals surface area contributed by atoms with Crippen LogP contribution in [0.5, 0.6) is 0 Å². The largest absolute Gasteiger partial charge is 0.357 e. The van der Waals surface area contributed by atoms with Gasteiger partial charge in [-0.3, -0.25) is 14.6 Å². The topological polar surface area (TPSA) is 48.7 Å². The number of aliphatic imine (C=N–C) groups is 1. The Morgan fingerprint density at radius 3 is 2.35 bits per heavy atom. The van der Waals surface area contributed by atoms with Crippen molar-refractivity contribution in [2.75, 3.05) is 33.2 Å². The number of rotatable bonds is 9. The zero-order valence-corrected chi connectivity index (χ0v) is 20.2. The summed E-state index contributed by atoms with van der Waals surface area (Å²) in [6.07, 6.45) is 2.12. The highest BCUT2D eigenvalue weighted by molar-refractivity contribution is 14.0. The Bertz CT molecular complexity index is 536. The van der Waals surface area contributed by atoms with Crippen molar-refractivity contribution >= 4 is 29.9 Å². The number of aromatic nitrogens is 2. The van der Waals surface area contributed by atoms with E-state index in [1.807, 2.05) is 11.7 Å². The Morgan fingerprint density at radius 2 is 1.85 bits per heavy atom. The number of nitrogens with one attached hydrogen (secondary N) is 1. The summed E-state index contributed by atoms with van der Waals surface area (Å²) < 4.78 is 1.91. The molecule has 0 aliphatic rings. The predicted octanol–water partition coefficient (Wildman–Crippen LogP) is 3.29. The zero-order valence-electron chi connectivity index (χ0n) is 17.9. The van der Waals surface area contributed by atoms with E-state index in [9.17, 15) is 0 Å². The molecule has 1 atom stereocenters. The molecule has 1 N–H and O–H groups in total. The molecule has 0 aliphatic heterocycles. The molecule has 1 heterocycles. The molecule has 0 amide bonds. The highest BCUT2D eigenvalue weighted by atomic mass is 127. The summed E-state index contributed by atoms with van der Waals surface area (Å²) in [6, 6.07) is 0.446. The summed E-state index contributed by atoms with van der Waals surface area (Å²) in [4.78, 5) is 9.50. The first-order valence-corrected chi connectivity index (χ1v) is 9.59. The third-order valence-electron chi connectivity index (χ3n) is 4.53. The van der Waals surface area contributed by atoms with Gasteiger partial charge in [-0.1, -0.05) is 27.7 Å². The Kier molecular flexibility index (Phi) is 12.1. The highest BCUT2D eigenvalue weighted by Crippen LogP contribution is 2.18. The van der Waals surface area contributed by atoms with Crippen molar-refractivity contribution in [1.29, 1.82) is 0 Å². The second-order valence-corrected chi connectivity index (χ2v) is 6.99. The molecule has 0 aromatic carbocycles.